The Balaban J connectivity index is 2.28. The Bertz CT molecular complexity index is 643. The Hall–Kier alpha value is -2.37. The summed E-state index contributed by atoms with van der Waals surface area (Å²) in [5.41, 5.74) is -0.586. The summed E-state index contributed by atoms with van der Waals surface area (Å²) in [4.78, 5) is 11.6. The third-order valence-corrected chi connectivity index (χ3v) is 2.36. The second kappa shape index (κ2) is 5.09. The fourth-order valence-corrected chi connectivity index (χ4v) is 1.47. The van der Waals surface area contributed by atoms with E-state index in [0.717, 1.165) is 18.2 Å². The first-order valence-corrected chi connectivity index (χ1v) is 5.19. The molecule has 6 heteroatoms. The predicted molar refractivity (Wildman–Crippen MR) is 60.7 cm³/mol. The Kier molecular flexibility index (Phi) is 3.50. The number of nitrogens with one attached hydrogen (secondary N) is 1. The van der Waals surface area contributed by atoms with Gasteiger partial charge in [0.2, 0.25) is 0 Å². The molecule has 0 radical (unpaired) electrons. The number of hydrogen-bond donors (Lipinski definition) is 1. The van der Waals surface area contributed by atoms with Gasteiger partial charge >= 0.3 is 0 Å². The molecule has 0 aliphatic rings. The highest BCUT2D eigenvalue weighted by Crippen LogP contribution is 2.17. The van der Waals surface area contributed by atoms with E-state index >= 15 is 0 Å². The number of benzene rings is 2. The van der Waals surface area contributed by atoms with Gasteiger partial charge in [0.1, 0.15) is 5.82 Å². The summed E-state index contributed by atoms with van der Waals surface area (Å²) < 4.78 is 51.9. The van der Waals surface area contributed by atoms with E-state index in [1.165, 1.54) is 12.1 Å². The molecular formula is C13H7F4NO. The molecule has 1 amide bonds. The minimum atomic E-state index is -1.73. The summed E-state index contributed by atoms with van der Waals surface area (Å²) in [7, 11) is 0. The topological polar surface area (TPSA) is 29.1 Å². The van der Waals surface area contributed by atoms with Crippen LogP contribution < -0.4 is 5.32 Å². The van der Waals surface area contributed by atoms with Crippen LogP contribution in [0, 0.1) is 23.3 Å². The van der Waals surface area contributed by atoms with Gasteiger partial charge in [0.05, 0.1) is 5.56 Å². The lowest BCUT2D eigenvalue weighted by Crippen LogP contribution is -2.15. The first-order chi connectivity index (χ1) is 8.99. The molecule has 98 valence electrons. The lowest BCUT2D eigenvalue weighted by atomic mass is 10.1. The third kappa shape index (κ3) is 2.73. The molecule has 2 aromatic carbocycles. The molecule has 19 heavy (non-hydrogen) atoms. The Morgan fingerprint density at radius 3 is 2.37 bits per heavy atom. The highest BCUT2D eigenvalue weighted by atomic mass is 19.2. The minimum Gasteiger partial charge on any atom is -0.322 e. The SMILES string of the molecule is O=C(Nc1cccc(F)c1)c1ccc(F)c(F)c1F. The molecule has 0 aliphatic carbocycles. The van der Waals surface area contributed by atoms with Gasteiger partial charge in [0.25, 0.3) is 5.91 Å². The van der Waals surface area contributed by atoms with Crippen LogP contribution in [0.1, 0.15) is 10.4 Å². The third-order valence-electron chi connectivity index (χ3n) is 2.36. The van der Waals surface area contributed by atoms with Gasteiger partial charge in [-0.05, 0) is 30.3 Å². The standard InChI is InChI=1S/C13H7F4NO/c14-7-2-1-3-8(6-7)18-13(19)9-4-5-10(15)12(17)11(9)16/h1-6H,(H,18,19). The highest BCUT2D eigenvalue weighted by Gasteiger charge is 2.18. The van der Waals surface area contributed by atoms with Crippen molar-refractivity contribution in [2.75, 3.05) is 5.32 Å². The van der Waals surface area contributed by atoms with Crippen LogP contribution in [0.25, 0.3) is 0 Å². The van der Waals surface area contributed by atoms with Crippen molar-refractivity contribution in [3.63, 3.8) is 0 Å². The van der Waals surface area contributed by atoms with Crippen LogP contribution in [-0.2, 0) is 0 Å². The number of anilines is 1. The Morgan fingerprint density at radius 1 is 0.947 bits per heavy atom. The number of halogens is 4. The molecule has 2 rings (SSSR count). The van der Waals surface area contributed by atoms with Gasteiger partial charge in [-0.1, -0.05) is 6.07 Å². The van der Waals surface area contributed by atoms with Gasteiger partial charge < -0.3 is 5.32 Å². The van der Waals surface area contributed by atoms with Crippen molar-refractivity contribution in [2.24, 2.45) is 0 Å². The van der Waals surface area contributed by atoms with Crippen molar-refractivity contribution in [1.29, 1.82) is 0 Å². The van der Waals surface area contributed by atoms with Crippen LogP contribution >= 0.6 is 0 Å². The predicted octanol–water partition coefficient (Wildman–Crippen LogP) is 3.50. The molecule has 0 heterocycles. The lowest BCUT2D eigenvalue weighted by molar-refractivity contribution is 0.102. The second-order valence-corrected chi connectivity index (χ2v) is 3.69. The largest absolute Gasteiger partial charge is 0.322 e. The van der Waals surface area contributed by atoms with Gasteiger partial charge in [-0.15, -0.1) is 0 Å². The molecule has 0 saturated carbocycles. The number of carbonyl (C=O) groups excluding carboxylic acids is 1. The van der Waals surface area contributed by atoms with E-state index in [9.17, 15) is 22.4 Å². The van der Waals surface area contributed by atoms with E-state index in [1.54, 1.807) is 0 Å². The molecule has 2 aromatic rings. The fourth-order valence-electron chi connectivity index (χ4n) is 1.47. The van der Waals surface area contributed by atoms with Gasteiger partial charge in [-0.2, -0.15) is 0 Å². The molecule has 1 N–H and O–H groups in total. The molecule has 0 bridgehead atoms. The smallest absolute Gasteiger partial charge is 0.258 e. The van der Waals surface area contributed by atoms with Crippen LogP contribution in [0.2, 0.25) is 0 Å². The average Bonchev–Trinajstić information content (AvgIpc) is 2.36. The number of rotatable bonds is 2. The normalized spacial score (nSPS) is 10.3. The summed E-state index contributed by atoms with van der Waals surface area (Å²) in [6, 6.07) is 6.33. The van der Waals surface area contributed by atoms with E-state index < -0.39 is 34.7 Å². The van der Waals surface area contributed by atoms with Crippen LogP contribution in [0.4, 0.5) is 23.2 Å². The minimum absolute atomic E-state index is 0.0779. The van der Waals surface area contributed by atoms with E-state index in [2.05, 4.69) is 5.32 Å². The molecule has 0 spiro atoms. The van der Waals surface area contributed by atoms with Crippen molar-refractivity contribution in [1.82, 2.24) is 0 Å². The van der Waals surface area contributed by atoms with Gasteiger partial charge in [-0.3, -0.25) is 4.79 Å². The van der Waals surface area contributed by atoms with Crippen LogP contribution in [0.15, 0.2) is 36.4 Å². The zero-order valence-electron chi connectivity index (χ0n) is 9.38. The maximum absolute atomic E-state index is 13.3. The maximum Gasteiger partial charge on any atom is 0.258 e. The van der Waals surface area contributed by atoms with Crippen LogP contribution in [0.5, 0.6) is 0 Å². The van der Waals surface area contributed by atoms with Crippen molar-refractivity contribution in [2.45, 2.75) is 0 Å². The molecule has 0 saturated heterocycles. The molecule has 0 fully saturated rings. The maximum atomic E-state index is 13.3. The zero-order chi connectivity index (χ0) is 14.0. The van der Waals surface area contributed by atoms with Crippen LogP contribution in [0.3, 0.4) is 0 Å². The molecule has 0 atom stereocenters. The average molecular weight is 269 g/mol. The monoisotopic (exact) mass is 269 g/mol. The van der Waals surface area contributed by atoms with Crippen molar-refractivity contribution in [3.05, 3.63) is 65.2 Å². The molecule has 0 aliphatic heterocycles. The number of amides is 1. The van der Waals surface area contributed by atoms with Gasteiger partial charge in [0.15, 0.2) is 17.5 Å². The van der Waals surface area contributed by atoms with E-state index in [1.807, 2.05) is 0 Å². The Morgan fingerprint density at radius 2 is 1.68 bits per heavy atom. The summed E-state index contributed by atoms with van der Waals surface area (Å²) in [5.74, 6) is -6.30. The quantitative estimate of drug-likeness (QED) is 0.656. The fraction of sp³-hybridized carbons (Fsp3) is 0. The molecule has 0 unspecified atom stereocenters. The zero-order valence-corrected chi connectivity index (χ0v) is 9.38. The number of carbonyl (C=O) groups is 1. The van der Waals surface area contributed by atoms with Crippen molar-refractivity contribution in [3.8, 4) is 0 Å². The van der Waals surface area contributed by atoms with Crippen molar-refractivity contribution < 1.29 is 22.4 Å². The highest BCUT2D eigenvalue weighted by molar-refractivity contribution is 6.04. The Labute approximate surface area is 105 Å². The van der Waals surface area contributed by atoms with E-state index in [4.69, 9.17) is 0 Å². The van der Waals surface area contributed by atoms with Gasteiger partial charge in [0, 0.05) is 5.69 Å². The molecule has 2 nitrogen and oxygen atoms in total. The molecule has 0 aromatic heterocycles. The lowest BCUT2D eigenvalue weighted by Gasteiger charge is -2.06. The summed E-state index contributed by atoms with van der Waals surface area (Å²) in [6.07, 6.45) is 0. The first-order valence-electron chi connectivity index (χ1n) is 5.19. The summed E-state index contributed by atoms with van der Waals surface area (Å²) in [5, 5.41) is 2.18. The van der Waals surface area contributed by atoms with Crippen molar-refractivity contribution >= 4 is 11.6 Å². The van der Waals surface area contributed by atoms with E-state index in [0.29, 0.717) is 6.07 Å². The summed E-state index contributed by atoms with van der Waals surface area (Å²) in [6.45, 7) is 0. The second-order valence-electron chi connectivity index (χ2n) is 3.69. The molecular weight excluding hydrogens is 262 g/mol. The van der Waals surface area contributed by atoms with Gasteiger partial charge in [-0.25, -0.2) is 17.6 Å². The van der Waals surface area contributed by atoms with E-state index in [-0.39, 0.29) is 5.69 Å². The summed E-state index contributed by atoms with van der Waals surface area (Å²) >= 11 is 0. The number of hydrogen-bond acceptors (Lipinski definition) is 1. The first kappa shape index (κ1) is 13.1. The van der Waals surface area contributed by atoms with Crippen LogP contribution in [-0.4, -0.2) is 5.91 Å².